The van der Waals surface area contributed by atoms with Gasteiger partial charge in [-0.2, -0.15) is 0 Å². The Labute approximate surface area is 57.0 Å². The van der Waals surface area contributed by atoms with Crippen LogP contribution in [0, 0.1) is 0 Å². The van der Waals surface area contributed by atoms with E-state index in [9.17, 15) is 14.0 Å². The Bertz CT molecular complexity index is 233. The number of hydrogen-bond acceptors (Lipinski definition) is 2. The van der Waals surface area contributed by atoms with Crippen molar-refractivity contribution in [2.45, 2.75) is 6.92 Å². The van der Waals surface area contributed by atoms with E-state index in [0.29, 0.717) is 6.08 Å². The van der Waals surface area contributed by atoms with Crippen LogP contribution in [0.2, 0.25) is 0 Å². The van der Waals surface area contributed by atoms with Crippen molar-refractivity contribution >= 4 is 11.6 Å². The number of halogens is 1. The SMILES string of the molecule is CC1=CC(=O)C(F)=CC1=O. The third-order valence-corrected chi connectivity index (χ3v) is 1.23. The van der Waals surface area contributed by atoms with Gasteiger partial charge in [-0.1, -0.05) is 0 Å². The van der Waals surface area contributed by atoms with Crippen molar-refractivity contribution in [3.05, 3.63) is 23.6 Å². The van der Waals surface area contributed by atoms with E-state index in [-0.39, 0.29) is 5.57 Å². The van der Waals surface area contributed by atoms with Crippen molar-refractivity contribution in [3.63, 3.8) is 0 Å². The highest BCUT2D eigenvalue weighted by atomic mass is 19.1. The molecule has 0 radical (unpaired) electrons. The Morgan fingerprint density at radius 3 is 2.30 bits per heavy atom. The van der Waals surface area contributed by atoms with Crippen molar-refractivity contribution in [2.24, 2.45) is 0 Å². The maximum atomic E-state index is 12.2. The fourth-order valence-electron chi connectivity index (χ4n) is 0.637. The minimum Gasteiger partial charge on any atom is -0.290 e. The van der Waals surface area contributed by atoms with Gasteiger partial charge in [0.25, 0.3) is 0 Å². The average Bonchev–Trinajstić information content (AvgIpc) is 1.84. The zero-order valence-corrected chi connectivity index (χ0v) is 5.35. The molecule has 1 rings (SSSR count). The minimum absolute atomic E-state index is 0.284. The van der Waals surface area contributed by atoms with Crippen molar-refractivity contribution in [3.8, 4) is 0 Å². The maximum Gasteiger partial charge on any atom is 0.214 e. The van der Waals surface area contributed by atoms with Gasteiger partial charge >= 0.3 is 0 Å². The summed E-state index contributed by atoms with van der Waals surface area (Å²) in [5.74, 6) is -2.13. The highest BCUT2D eigenvalue weighted by Crippen LogP contribution is 2.11. The second-order valence-corrected chi connectivity index (χ2v) is 2.05. The largest absolute Gasteiger partial charge is 0.290 e. The smallest absolute Gasteiger partial charge is 0.214 e. The van der Waals surface area contributed by atoms with E-state index in [0.717, 1.165) is 6.08 Å². The molecule has 0 aromatic carbocycles. The van der Waals surface area contributed by atoms with Crippen molar-refractivity contribution in [1.29, 1.82) is 0 Å². The zero-order valence-electron chi connectivity index (χ0n) is 5.35. The maximum absolute atomic E-state index is 12.2. The van der Waals surface area contributed by atoms with Crippen molar-refractivity contribution in [1.82, 2.24) is 0 Å². The third kappa shape index (κ3) is 1.03. The van der Waals surface area contributed by atoms with Crippen LogP contribution < -0.4 is 0 Å². The number of carbonyl (C=O) groups excluding carboxylic acids is 2. The minimum atomic E-state index is -0.976. The molecule has 10 heavy (non-hydrogen) atoms. The van der Waals surface area contributed by atoms with Gasteiger partial charge in [0.1, 0.15) is 0 Å². The number of allylic oxidation sites excluding steroid dienone is 4. The summed E-state index contributed by atoms with van der Waals surface area (Å²) in [5.41, 5.74) is 0.284. The second-order valence-electron chi connectivity index (χ2n) is 2.05. The van der Waals surface area contributed by atoms with Crippen molar-refractivity contribution < 1.29 is 14.0 Å². The van der Waals surface area contributed by atoms with E-state index in [4.69, 9.17) is 0 Å². The summed E-state index contributed by atoms with van der Waals surface area (Å²) in [6.07, 6.45) is 1.70. The molecule has 0 spiro atoms. The lowest BCUT2D eigenvalue weighted by Crippen LogP contribution is -2.08. The number of ketones is 2. The van der Waals surface area contributed by atoms with E-state index in [1.165, 1.54) is 6.92 Å². The van der Waals surface area contributed by atoms with Gasteiger partial charge in [0.15, 0.2) is 11.6 Å². The summed E-state index contributed by atoms with van der Waals surface area (Å²) in [7, 11) is 0. The van der Waals surface area contributed by atoms with Crippen LogP contribution in [0.3, 0.4) is 0 Å². The lowest BCUT2D eigenvalue weighted by molar-refractivity contribution is -0.116. The fraction of sp³-hybridized carbons (Fsp3) is 0.143. The van der Waals surface area contributed by atoms with Gasteiger partial charge in [0.05, 0.1) is 0 Å². The first kappa shape index (κ1) is 6.86. The first-order valence-electron chi connectivity index (χ1n) is 2.75. The molecule has 0 bridgehead atoms. The number of carbonyl (C=O) groups is 2. The number of rotatable bonds is 0. The monoisotopic (exact) mass is 140 g/mol. The van der Waals surface area contributed by atoms with Crippen LogP contribution in [0.15, 0.2) is 23.6 Å². The molecule has 0 fully saturated rings. The summed E-state index contributed by atoms with van der Waals surface area (Å²) in [5, 5.41) is 0. The standard InChI is InChI=1S/C7H5FO2/c1-4-2-7(10)5(8)3-6(4)9/h2-3H,1H3. The molecule has 52 valence electrons. The topological polar surface area (TPSA) is 34.1 Å². The molecule has 0 aromatic rings. The molecule has 3 heteroatoms. The van der Waals surface area contributed by atoms with Gasteiger partial charge in [-0.15, -0.1) is 0 Å². The van der Waals surface area contributed by atoms with Gasteiger partial charge in [-0.05, 0) is 13.0 Å². The quantitative estimate of drug-likeness (QED) is 0.469. The Kier molecular flexibility index (Phi) is 1.49. The molecule has 1 aliphatic carbocycles. The van der Waals surface area contributed by atoms with E-state index < -0.39 is 17.4 Å². The summed E-state index contributed by atoms with van der Waals surface area (Å²) in [6, 6.07) is 0. The second kappa shape index (κ2) is 2.17. The highest BCUT2D eigenvalue weighted by Gasteiger charge is 2.16. The molecule has 0 amide bonds. The van der Waals surface area contributed by atoms with Crippen LogP contribution in [-0.2, 0) is 9.59 Å². The predicted molar refractivity (Wildman–Crippen MR) is 33.0 cm³/mol. The lowest BCUT2D eigenvalue weighted by atomic mass is 10.1. The molecule has 0 N–H and O–H groups in total. The summed E-state index contributed by atoms with van der Waals surface area (Å²) < 4.78 is 12.2. The molecule has 1 aliphatic rings. The van der Waals surface area contributed by atoms with E-state index >= 15 is 0 Å². The first-order valence-corrected chi connectivity index (χ1v) is 2.75. The third-order valence-electron chi connectivity index (χ3n) is 1.23. The molecule has 0 atom stereocenters. The van der Waals surface area contributed by atoms with Gasteiger partial charge in [-0.3, -0.25) is 9.59 Å². The first-order chi connectivity index (χ1) is 4.61. The van der Waals surface area contributed by atoms with Gasteiger partial charge in [0, 0.05) is 11.6 Å². The Balaban J connectivity index is 3.03. The molecule has 0 aliphatic heterocycles. The predicted octanol–water partition coefficient (Wildman–Crippen LogP) is 0.938. The Hall–Kier alpha value is -1.25. The highest BCUT2D eigenvalue weighted by molar-refractivity contribution is 6.18. The zero-order chi connectivity index (χ0) is 7.72. The molecular weight excluding hydrogens is 135 g/mol. The lowest BCUT2D eigenvalue weighted by Gasteiger charge is -2.00. The van der Waals surface area contributed by atoms with Crippen LogP contribution in [-0.4, -0.2) is 11.6 Å². The molecule has 0 aromatic heterocycles. The van der Waals surface area contributed by atoms with E-state index in [1.54, 1.807) is 0 Å². The summed E-state index contributed by atoms with van der Waals surface area (Å²) in [6.45, 7) is 1.48. The molecule has 0 saturated carbocycles. The van der Waals surface area contributed by atoms with E-state index in [2.05, 4.69) is 0 Å². The number of hydrogen-bond donors (Lipinski definition) is 0. The summed E-state index contributed by atoms with van der Waals surface area (Å²) >= 11 is 0. The van der Waals surface area contributed by atoms with Crippen LogP contribution in [0.4, 0.5) is 4.39 Å². The van der Waals surface area contributed by atoms with Crippen molar-refractivity contribution in [2.75, 3.05) is 0 Å². The van der Waals surface area contributed by atoms with Gasteiger partial charge in [-0.25, -0.2) is 4.39 Å². The van der Waals surface area contributed by atoms with E-state index in [1.807, 2.05) is 0 Å². The van der Waals surface area contributed by atoms with Crippen LogP contribution >= 0.6 is 0 Å². The Morgan fingerprint density at radius 1 is 1.20 bits per heavy atom. The molecule has 2 nitrogen and oxygen atoms in total. The van der Waals surface area contributed by atoms with Crippen LogP contribution in [0.1, 0.15) is 6.92 Å². The Morgan fingerprint density at radius 2 is 1.80 bits per heavy atom. The normalized spacial score (nSPS) is 18.6. The summed E-state index contributed by atoms with van der Waals surface area (Å²) in [4.78, 5) is 21.1. The molecule has 0 saturated heterocycles. The van der Waals surface area contributed by atoms with Crippen LogP contribution in [0.5, 0.6) is 0 Å². The van der Waals surface area contributed by atoms with Crippen LogP contribution in [0.25, 0.3) is 0 Å². The fourth-order valence-corrected chi connectivity index (χ4v) is 0.637. The molecule has 0 heterocycles. The van der Waals surface area contributed by atoms with Gasteiger partial charge in [0.2, 0.25) is 5.78 Å². The molecule has 0 unspecified atom stereocenters. The average molecular weight is 140 g/mol. The molecular formula is C7H5FO2. The van der Waals surface area contributed by atoms with Gasteiger partial charge < -0.3 is 0 Å².